The van der Waals surface area contributed by atoms with Crippen molar-refractivity contribution in [2.24, 2.45) is 0 Å². The number of aliphatic hydroxyl groups excluding tert-OH is 1. The molecule has 0 aliphatic rings. The Morgan fingerprint density at radius 2 is 2.46 bits per heavy atom. The van der Waals surface area contributed by atoms with Gasteiger partial charge in [-0.15, -0.1) is 0 Å². The first-order valence-electron chi connectivity index (χ1n) is 3.40. The van der Waals surface area contributed by atoms with Crippen molar-refractivity contribution >= 4 is 11.1 Å². The predicted octanol–water partition coefficient (Wildman–Crippen LogP) is -3.49. The van der Waals surface area contributed by atoms with Crippen LogP contribution in [0.2, 0.25) is 0 Å². The van der Waals surface area contributed by atoms with Crippen molar-refractivity contribution in [1.29, 1.82) is 0 Å². The summed E-state index contributed by atoms with van der Waals surface area (Å²) < 4.78 is 22.1. The van der Waals surface area contributed by atoms with Crippen LogP contribution in [0.1, 0.15) is 6.92 Å². The topological polar surface area (TPSA) is 78.2 Å². The first-order valence-corrected chi connectivity index (χ1v) is 4.48. The van der Waals surface area contributed by atoms with Crippen LogP contribution in [0, 0.1) is 0 Å². The van der Waals surface area contributed by atoms with Gasteiger partial charge in [0.2, 0.25) is 0 Å². The molecule has 5 nitrogen and oxygen atoms in total. The minimum absolute atomic E-state index is 0. The summed E-state index contributed by atoms with van der Waals surface area (Å²) in [5.41, 5.74) is 0. The average Bonchev–Trinajstić information content (AvgIpc) is 2.34. The molecule has 1 rings (SSSR count). The van der Waals surface area contributed by atoms with Crippen LogP contribution in [0.5, 0.6) is 0 Å². The normalized spacial score (nSPS) is 14.7. The largest absolute Gasteiger partial charge is 1.00 e. The van der Waals surface area contributed by atoms with Gasteiger partial charge in [0.15, 0.2) is 0 Å². The van der Waals surface area contributed by atoms with E-state index >= 15 is 0 Å². The smallest absolute Gasteiger partial charge is 0.767 e. The third-order valence-corrected chi connectivity index (χ3v) is 1.80. The van der Waals surface area contributed by atoms with Crippen molar-refractivity contribution in [3.05, 3.63) is 12.3 Å². The number of hydrogen-bond acceptors (Lipinski definition) is 4. The van der Waals surface area contributed by atoms with E-state index < -0.39 is 17.2 Å². The minimum Gasteiger partial charge on any atom is -0.767 e. The summed E-state index contributed by atoms with van der Waals surface area (Å²) in [5, 5.41) is 12.6. The van der Waals surface area contributed by atoms with Crippen LogP contribution < -0.4 is 29.6 Å². The number of nitrogens with zero attached hydrogens (tertiary/aromatic N) is 2. The first kappa shape index (κ1) is 13.3. The molecule has 1 aromatic heterocycles. The molecule has 1 aromatic rings. The van der Waals surface area contributed by atoms with Gasteiger partial charge in [-0.2, -0.15) is 5.10 Å². The Bertz CT molecular complexity index is 289. The van der Waals surface area contributed by atoms with E-state index in [0.717, 1.165) is 0 Å². The molecule has 1 heterocycles. The van der Waals surface area contributed by atoms with E-state index in [-0.39, 0.29) is 34.6 Å². The van der Waals surface area contributed by atoms with Gasteiger partial charge >= 0.3 is 29.6 Å². The molecule has 0 spiro atoms. The number of hydrogen-bond donors (Lipinski definition) is 1. The second kappa shape index (κ2) is 5.90. The number of rotatable bonds is 3. The van der Waals surface area contributed by atoms with Gasteiger partial charge in [-0.25, -0.2) is 0 Å². The van der Waals surface area contributed by atoms with Gasteiger partial charge < -0.3 is 9.66 Å². The maximum atomic E-state index is 10.4. The van der Waals surface area contributed by atoms with E-state index in [0.29, 0.717) is 6.54 Å². The second-order valence-corrected chi connectivity index (χ2v) is 3.35. The van der Waals surface area contributed by atoms with Crippen molar-refractivity contribution in [3.8, 4) is 0 Å². The van der Waals surface area contributed by atoms with Crippen molar-refractivity contribution in [2.45, 2.75) is 24.6 Å². The van der Waals surface area contributed by atoms with Gasteiger partial charge in [-0.05, 0) is 24.1 Å². The van der Waals surface area contributed by atoms with E-state index in [1.807, 2.05) is 0 Å². The third kappa shape index (κ3) is 4.35. The summed E-state index contributed by atoms with van der Waals surface area (Å²) in [7, 11) is 0. The Labute approximate surface area is 101 Å². The third-order valence-electron chi connectivity index (χ3n) is 1.24. The van der Waals surface area contributed by atoms with Crippen molar-refractivity contribution in [3.63, 3.8) is 0 Å². The molecule has 0 bridgehead atoms. The average molecular weight is 212 g/mol. The molecule has 0 aliphatic heterocycles. The van der Waals surface area contributed by atoms with Crippen LogP contribution in [0.15, 0.2) is 17.3 Å². The first-order chi connectivity index (χ1) is 5.59. The van der Waals surface area contributed by atoms with E-state index in [9.17, 15) is 8.76 Å². The molecule has 0 saturated heterocycles. The van der Waals surface area contributed by atoms with Crippen LogP contribution in [-0.2, 0) is 17.6 Å². The Hall–Kier alpha value is 0.280. The fourth-order valence-corrected chi connectivity index (χ4v) is 1.15. The molecule has 0 radical (unpaired) electrons. The second-order valence-electron chi connectivity index (χ2n) is 2.46. The molecule has 0 aliphatic carbocycles. The maximum absolute atomic E-state index is 10.4. The molecule has 1 N–H and O–H groups in total. The molecule has 68 valence electrons. The Kier molecular flexibility index (Phi) is 6.02. The summed E-state index contributed by atoms with van der Waals surface area (Å²) in [6, 6.07) is 1.38. The Morgan fingerprint density at radius 1 is 1.85 bits per heavy atom. The van der Waals surface area contributed by atoms with Gasteiger partial charge in [0.25, 0.3) is 0 Å². The number of aromatic nitrogens is 2. The number of aliphatic hydroxyl groups is 1. The van der Waals surface area contributed by atoms with Gasteiger partial charge in [0, 0.05) is 6.20 Å². The van der Waals surface area contributed by atoms with Gasteiger partial charge in [0.1, 0.15) is 5.03 Å². The molecule has 13 heavy (non-hydrogen) atoms. The van der Waals surface area contributed by atoms with Crippen LogP contribution in [0.3, 0.4) is 0 Å². The minimum atomic E-state index is -2.29. The summed E-state index contributed by atoms with van der Waals surface area (Å²) in [5.74, 6) is 0. The quantitative estimate of drug-likeness (QED) is 0.416. The molecule has 0 aromatic carbocycles. The van der Waals surface area contributed by atoms with E-state index in [2.05, 4.69) is 5.10 Å². The monoisotopic (exact) mass is 212 g/mol. The predicted molar refractivity (Wildman–Crippen MR) is 41.1 cm³/mol. The van der Waals surface area contributed by atoms with Crippen molar-refractivity contribution < 1.29 is 43.4 Å². The van der Waals surface area contributed by atoms with E-state index in [1.165, 1.54) is 16.9 Å². The Morgan fingerprint density at radius 3 is 2.85 bits per heavy atom. The van der Waals surface area contributed by atoms with Crippen LogP contribution in [-0.4, -0.2) is 29.8 Å². The molecule has 0 saturated carbocycles. The Balaban J connectivity index is 0.00000144. The SMILES string of the molecule is C[C@@H](O)Cn1ccc(S(=O)[O-])n1.[Na+]. The summed E-state index contributed by atoms with van der Waals surface area (Å²) in [4.78, 5) is 0. The molecule has 0 fully saturated rings. The zero-order valence-corrected chi connectivity index (χ0v) is 10.3. The molecular formula is C6H9N2NaO3S. The van der Waals surface area contributed by atoms with Gasteiger partial charge in [-0.1, -0.05) is 0 Å². The fourth-order valence-electron chi connectivity index (χ4n) is 0.804. The summed E-state index contributed by atoms with van der Waals surface area (Å²) in [6.45, 7) is 1.91. The molecule has 7 heteroatoms. The van der Waals surface area contributed by atoms with Crippen LogP contribution >= 0.6 is 0 Å². The molecular weight excluding hydrogens is 203 g/mol. The zero-order chi connectivity index (χ0) is 9.14. The summed E-state index contributed by atoms with van der Waals surface area (Å²) in [6.07, 6.45) is 0.982. The van der Waals surface area contributed by atoms with Crippen molar-refractivity contribution in [1.82, 2.24) is 9.78 Å². The summed E-state index contributed by atoms with van der Waals surface area (Å²) >= 11 is -2.29. The van der Waals surface area contributed by atoms with E-state index in [4.69, 9.17) is 5.11 Å². The fraction of sp³-hybridized carbons (Fsp3) is 0.500. The molecule has 1 unspecified atom stereocenters. The van der Waals surface area contributed by atoms with Crippen LogP contribution in [0.25, 0.3) is 0 Å². The molecule has 0 amide bonds. The van der Waals surface area contributed by atoms with E-state index in [1.54, 1.807) is 6.92 Å². The van der Waals surface area contributed by atoms with Gasteiger partial charge in [-0.3, -0.25) is 8.89 Å². The van der Waals surface area contributed by atoms with Crippen LogP contribution in [0.4, 0.5) is 0 Å². The van der Waals surface area contributed by atoms with Gasteiger partial charge in [0.05, 0.1) is 12.6 Å². The maximum Gasteiger partial charge on any atom is 1.00 e. The zero-order valence-electron chi connectivity index (χ0n) is 7.51. The molecule has 2 atom stereocenters. The van der Waals surface area contributed by atoms with Crippen molar-refractivity contribution in [2.75, 3.05) is 0 Å². The standard InChI is InChI=1S/C6H10N2O3S.Na/c1-5(9)4-8-3-2-6(7-8)12(10)11;/h2-3,5,9H,4H2,1H3,(H,10,11);/q;+1/p-1/t5-;/m1./s1.